The summed E-state index contributed by atoms with van der Waals surface area (Å²) in [4.78, 5) is 0. The molecule has 0 bridgehead atoms. The predicted octanol–water partition coefficient (Wildman–Crippen LogP) is 5.36. The summed E-state index contributed by atoms with van der Waals surface area (Å²) in [5.41, 5.74) is 3.57. The maximum atomic E-state index is 6.16. The third kappa shape index (κ3) is 4.87. The van der Waals surface area contributed by atoms with Gasteiger partial charge in [-0.15, -0.1) is 10.2 Å². The van der Waals surface area contributed by atoms with E-state index >= 15 is 0 Å². The zero-order valence-corrected chi connectivity index (χ0v) is 17.9. The molecule has 0 amide bonds. The van der Waals surface area contributed by atoms with Gasteiger partial charge in [0, 0.05) is 12.3 Å². The predicted molar refractivity (Wildman–Crippen MR) is 113 cm³/mol. The van der Waals surface area contributed by atoms with Crippen molar-refractivity contribution in [2.75, 3.05) is 7.11 Å². The van der Waals surface area contributed by atoms with Gasteiger partial charge in [-0.3, -0.25) is 0 Å². The molecule has 0 saturated carbocycles. The fraction of sp³-hybridized carbons (Fsp3) is 0.364. The minimum Gasteiger partial charge on any atom is -0.497 e. The van der Waals surface area contributed by atoms with Gasteiger partial charge in [0.25, 0.3) is 0 Å². The lowest BCUT2D eigenvalue weighted by Crippen LogP contribution is -2.12. The van der Waals surface area contributed by atoms with Crippen LogP contribution in [0.25, 0.3) is 0 Å². The first kappa shape index (κ1) is 20.3. The SMILES string of the molecule is CCn1c(SCc2cccc(OC)c2)nnc1C(C)Oc1cc(C)cc(C)c1. The monoisotopic (exact) mass is 397 g/mol. The summed E-state index contributed by atoms with van der Waals surface area (Å²) in [7, 11) is 1.68. The summed E-state index contributed by atoms with van der Waals surface area (Å²) in [6, 6.07) is 14.3. The van der Waals surface area contributed by atoms with Crippen molar-refractivity contribution in [2.24, 2.45) is 0 Å². The lowest BCUT2D eigenvalue weighted by molar-refractivity contribution is 0.209. The number of hydrogen-bond donors (Lipinski definition) is 0. The summed E-state index contributed by atoms with van der Waals surface area (Å²) in [5, 5.41) is 9.72. The van der Waals surface area contributed by atoms with Crippen LogP contribution < -0.4 is 9.47 Å². The topological polar surface area (TPSA) is 49.2 Å². The number of aromatic nitrogens is 3. The molecule has 3 rings (SSSR count). The van der Waals surface area contributed by atoms with Gasteiger partial charge in [0.15, 0.2) is 17.1 Å². The molecule has 0 saturated heterocycles. The minimum atomic E-state index is -0.181. The van der Waals surface area contributed by atoms with Gasteiger partial charge in [0.1, 0.15) is 11.5 Å². The van der Waals surface area contributed by atoms with Gasteiger partial charge in [-0.2, -0.15) is 0 Å². The van der Waals surface area contributed by atoms with Crippen LogP contribution in [-0.2, 0) is 12.3 Å². The lowest BCUT2D eigenvalue weighted by Gasteiger charge is -2.16. The fourth-order valence-electron chi connectivity index (χ4n) is 3.17. The van der Waals surface area contributed by atoms with Crippen LogP contribution in [0.5, 0.6) is 11.5 Å². The number of benzene rings is 2. The molecule has 1 unspecified atom stereocenters. The molecule has 0 radical (unpaired) electrons. The minimum absolute atomic E-state index is 0.181. The quantitative estimate of drug-likeness (QED) is 0.479. The Morgan fingerprint density at radius 1 is 1.04 bits per heavy atom. The van der Waals surface area contributed by atoms with E-state index in [1.54, 1.807) is 18.9 Å². The van der Waals surface area contributed by atoms with Gasteiger partial charge in [-0.1, -0.05) is 30.0 Å². The van der Waals surface area contributed by atoms with Crippen molar-refractivity contribution >= 4 is 11.8 Å². The first-order valence-electron chi connectivity index (χ1n) is 9.44. The highest BCUT2D eigenvalue weighted by Crippen LogP contribution is 2.28. The number of methoxy groups -OCH3 is 1. The van der Waals surface area contributed by atoms with Gasteiger partial charge < -0.3 is 14.0 Å². The third-order valence-corrected chi connectivity index (χ3v) is 5.47. The molecule has 0 spiro atoms. The highest BCUT2D eigenvalue weighted by molar-refractivity contribution is 7.98. The van der Waals surface area contributed by atoms with Gasteiger partial charge in [-0.05, 0) is 68.7 Å². The molecule has 0 aliphatic rings. The molecule has 5 nitrogen and oxygen atoms in total. The van der Waals surface area contributed by atoms with Gasteiger partial charge in [-0.25, -0.2) is 0 Å². The Kier molecular flexibility index (Phi) is 6.62. The van der Waals surface area contributed by atoms with Crippen LogP contribution in [0.3, 0.4) is 0 Å². The Labute approximate surface area is 171 Å². The molecule has 0 aliphatic carbocycles. The average Bonchev–Trinajstić information content (AvgIpc) is 3.08. The molecular formula is C22H27N3O2S. The molecule has 1 heterocycles. The van der Waals surface area contributed by atoms with Gasteiger partial charge >= 0.3 is 0 Å². The molecule has 6 heteroatoms. The van der Waals surface area contributed by atoms with E-state index in [2.05, 4.69) is 59.8 Å². The van der Waals surface area contributed by atoms with Crippen molar-refractivity contribution in [3.05, 3.63) is 65.0 Å². The standard InChI is InChI=1S/C22H27N3O2S/c1-6-25-21(17(4)27-20-11-15(2)10-16(3)12-20)23-24-22(25)28-14-18-8-7-9-19(13-18)26-5/h7-13,17H,6,14H2,1-5H3. The highest BCUT2D eigenvalue weighted by Gasteiger charge is 2.19. The van der Waals surface area contributed by atoms with E-state index in [9.17, 15) is 0 Å². The van der Waals surface area contributed by atoms with Crippen molar-refractivity contribution in [3.63, 3.8) is 0 Å². The first-order valence-corrected chi connectivity index (χ1v) is 10.4. The third-order valence-electron chi connectivity index (χ3n) is 4.44. The van der Waals surface area contributed by atoms with Gasteiger partial charge in [0.2, 0.25) is 0 Å². The summed E-state index contributed by atoms with van der Waals surface area (Å²) in [6.07, 6.45) is -0.181. The van der Waals surface area contributed by atoms with E-state index in [1.165, 1.54) is 16.7 Å². The van der Waals surface area contributed by atoms with E-state index in [0.717, 1.165) is 34.8 Å². The molecule has 2 aromatic carbocycles. The maximum absolute atomic E-state index is 6.16. The Balaban J connectivity index is 1.73. The molecule has 28 heavy (non-hydrogen) atoms. The molecular weight excluding hydrogens is 370 g/mol. The number of ether oxygens (including phenoxy) is 2. The Bertz CT molecular complexity index is 919. The molecule has 1 atom stereocenters. The van der Waals surface area contributed by atoms with Crippen LogP contribution in [0.4, 0.5) is 0 Å². The largest absolute Gasteiger partial charge is 0.497 e. The van der Waals surface area contributed by atoms with Crippen LogP contribution in [0, 0.1) is 13.8 Å². The second-order valence-corrected chi connectivity index (χ2v) is 7.75. The van der Waals surface area contributed by atoms with Crippen molar-refractivity contribution in [1.29, 1.82) is 0 Å². The second kappa shape index (κ2) is 9.15. The number of hydrogen-bond acceptors (Lipinski definition) is 5. The number of aryl methyl sites for hydroxylation is 2. The number of rotatable bonds is 8. The van der Waals surface area contributed by atoms with Crippen molar-refractivity contribution < 1.29 is 9.47 Å². The number of nitrogens with zero attached hydrogens (tertiary/aromatic N) is 3. The number of thioether (sulfide) groups is 1. The molecule has 0 aliphatic heterocycles. The molecule has 0 N–H and O–H groups in total. The van der Waals surface area contributed by atoms with Crippen LogP contribution in [-0.4, -0.2) is 21.9 Å². The van der Waals surface area contributed by atoms with E-state index in [0.29, 0.717) is 0 Å². The molecule has 148 valence electrons. The van der Waals surface area contributed by atoms with Crippen LogP contribution in [0.1, 0.15) is 42.5 Å². The van der Waals surface area contributed by atoms with E-state index in [4.69, 9.17) is 9.47 Å². The normalized spacial score (nSPS) is 12.0. The van der Waals surface area contributed by atoms with E-state index in [-0.39, 0.29) is 6.10 Å². The smallest absolute Gasteiger partial charge is 0.191 e. The molecule has 3 aromatic rings. The zero-order valence-electron chi connectivity index (χ0n) is 17.1. The fourth-order valence-corrected chi connectivity index (χ4v) is 4.13. The van der Waals surface area contributed by atoms with Crippen LogP contribution in [0.2, 0.25) is 0 Å². The average molecular weight is 398 g/mol. The second-order valence-electron chi connectivity index (χ2n) is 6.81. The van der Waals surface area contributed by atoms with Crippen molar-refractivity contribution in [3.8, 4) is 11.5 Å². The Hall–Kier alpha value is -2.47. The zero-order chi connectivity index (χ0) is 20.1. The molecule has 0 fully saturated rings. The maximum Gasteiger partial charge on any atom is 0.191 e. The van der Waals surface area contributed by atoms with Crippen molar-refractivity contribution in [2.45, 2.75) is 51.3 Å². The first-order chi connectivity index (χ1) is 13.5. The van der Waals surface area contributed by atoms with Crippen molar-refractivity contribution in [1.82, 2.24) is 14.8 Å². The summed E-state index contributed by atoms with van der Waals surface area (Å²) >= 11 is 1.67. The Morgan fingerprint density at radius 2 is 1.79 bits per heavy atom. The lowest BCUT2D eigenvalue weighted by atomic mass is 10.1. The molecule has 1 aromatic heterocycles. The summed E-state index contributed by atoms with van der Waals surface area (Å²) in [6.45, 7) is 9.07. The highest BCUT2D eigenvalue weighted by atomic mass is 32.2. The van der Waals surface area contributed by atoms with E-state index < -0.39 is 0 Å². The van der Waals surface area contributed by atoms with E-state index in [1.807, 2.05) is 25.1 Å². The van der Waals surface area contributed by atoms with Crippen LogP contribution in [0.15, 0.2) is 47.6 Å². The summed E-state index contributed by atoms with van der Waals surface area (Å²) < 4.78 is 13.6. The van der Waals surface area contributed by atoms with Crippen LogP contribution >= 0.6 is 11.8 Å². The van der Waals surface area contributed by atoms with Gasteiger partial charge in [0.05, 0.1) is 7.11 Å². The summed E-state index contributed by atoms with van der Waals surface area (Å²) in [5.74, 6) is 3.38. The Morgan fingerprint density at radius 3 is 2.46 bits per heavy atom.